The van der Waals surface area contributed by atoms with E-state index in [1.807, 2.05) is 18.2 Å². The van der Waals surface area contributed by atoms with Gasteiger partial charge in [-0.05, 0) is 17.7 Å². The molecule has 0 saturated carbocycles. The normalized spacial score (nSPS) is 32.9. The summed E-state index contributed by atoms with van der Waals surface area (Å²) in [6.45, 7) is 1.25. The summed E-state index contributed by atoms with van der Waals surface area (Å²) >= 11 is 0. The first-order valence-corrected chi connectivity index (χ1v) is 8.21. The molecule has 0 amide bonds. The predicted molar refractivity (Wildman–Crippen MR) is 82.9 cm³/mol. The number of rotatable bonds is 4. The van der Waals surface area contributed by atoms with Gasteiger partial charge in [-0.25, -0.2) is 9.67 Å². The molecular weight excluding hydrogens is 328 g/mol. The van der Waals surface area contributed by atoms with Crippen molar-refractivity contribution >= 4 is 0 Å². The smallest absolute Gasteiger partial charge is 0.231 e. The highest BCUT2D eigenvalue weighted by molar-refractivity contribution is 5.44. The molecule has 5 rings (SSSR count). The fourth-order valence-corrected chi connectivity index (χ4v) is 3.59. The van der Waals surface area contributed by atoms with Crippen LogP contribution in [0.25, 0.3) is 0 Å². The van der Waals surface area contributed by atoms with E-state index in [2.05, 4.69) is 15.4 Å². The predicted octanol–water partition coefficient (Wildman–Crippen LogP) is -0.178. The Hall–Kier alpha value is -2.20. The fraction of sp³-hybridized carbons (Fsp3) is 0.500. The number of aromatic nitrogens is 3. The van der Waals surface area contributed by atoms with E-state index in [1.54, 1.807) is 11.0 Å². The number of hydrogen-bond donors (Lipinski definition) is 2. The van der Waals surface area contributed by atoms with E-state index in [9.17, 15) is 5.11 Å². The minimum absolute atomic E-state index is 0.200. The van der Waals surface area contributed by atoms with Crippen molar-refractivity contribution in [1.82, 2.24) is 20.1 Å². The number of fused-ring (bicyclic) bond motifs is 3. The first kappa shape index (κ1) is 15.1. The third kappa shape index (κ3) is 2.56. The lowest BCUT2D eigenvalue weighted by Crippen LogP contribution is -2.57. The summed E-state index contributed by atoms with van der Waals surface area (Å²) in [6.07, 6.45) is 1.58. The molecule has 132 valence electrons. The van der Waals surface area contributed by atoms with Crippen LogP contribution in [0.2, 0.25) is 0 Å². The first-order valence-electron chi connectivity index (χ1n) is 8.21. The van der Waals surface area contributed by atoms with Gasteiger partial charge in [-0.15, -0.1) is 0 Å². The van der Waals surface area contributed by atoms with Crippen molar-refractivity contribution in [1.29, 1.82) is 0 Å². The van der Waals surface area contributed by atoms with Crippen LogP contribution < -0.4 is 14.8 Å². The molecule has 2 fully saturated rings. The lowest BCUT2D eigenvalue weighted by molar-refractivity contribution is -0.168. The number of nitrogens with zero attached hydrogens (tertiary/aromatic N) is 3. The molecule has 2 saturated heterocycles. The standard InChI is InChI=1S/C16H18N4O5/c21-15-13(18-4-9-1-2-10-11(3-9)24-8-23-10)12-5-22-16(25-12)14(15)20-7-17-6-19-20/h1-3,6-7,12-16,18,21H,4-5,8H2. The Morgan fingerprint density at radius 1 is 1.28 bits per heavy atom. The lowest BCUT2D eigenvalue weighted by Gasteiger charge is -2.38. The third-order valence-electron chi connectivity index (χ3n) is 4.85. The molecule has 2 bridgehead atoms. The molecule has 5 atom stereocenters. The molecule has 0 aliphatic carbocycles. The van der Waals surface area contributed by atoms with Gasteiger partial charge < -0.3 is 29.4 Å². The summed E-state index contributed by atoms with van der Waals surface area (Å²) in [5.74, 6) is 1.49. The Morgan fingerprint density at radius 3 is 3.08 bits per heavy atom. The van der Waals surface area contributed by atoms with Gasteiger partial charge in [0.2, 0.25) is 6.79 Å². The fourth-order valence-electron chi connectivity index (χ4n) is 3.59. The third-order valence-corrected chi connectivity index (χ3v) is 4.85. The number of benzene rings is 1. The Bertz CT molecular complexity index is 755. The molecule has 4 heterocycles. The van der Waals surface area contributed by atoms with Gasteiger partial charge in [0.1, 0.15) is 24.8 Å². The molecule has 2 N–H and O–H groups in total. The zero-order valence-electron chi connectivity index (χ0n) is 13.3. The van der Waals surface area contributed by atoms with Crippen LogP contribution in [0, 0.1) is 0 Å². The Balaban J connectivity index is 1.33. The van der Waals surface area contributed by atoms with Crippen molar-refractivity contribution in [3.8, 4) is 11.5 Å². The highest BCUT2D eigenvalue weighted by Crippen LogP contribution is 2.36. The Labute approximate surface area is 143 Å². The number of aliphatic hydroxyl groups excluding tert-OH is 1. The molecule has 9 nitrogen and oxygen atoms in total. The number of aliphatic hydroxyl groups is 1. The minimum Gasteiger partial charge on any atom is -0.454 e. The number of nitrogens with one attached hydrogen (secondary N) is 1. The number of ether oxygens (including phenoxy) is 4. The van der Waals surface area contributed by atoms with E-state index in [1.165, 1.54) is 6.33 Å². The topological polar surface area (TPSA) is 99.9 Å². The quantitative estimate of drug-likeness (QED) is 0.787. The van der Waals surface area contributed by atoms with Gasteiger partial charge >= 0.3 is 0 Å². The average Bonchev–Trinajstić information content (AvgIpc) is 3.36. The van der Waals surface area contributed by atoms with Crippen LogP contribution in [0.1, 0.15) is 11.6 Å². The van der Waals surface area contributed by atoms with Crippen molar-refractivity contribution < 1.29 is 24.1 Å². The molecule has 1 aromatic carbocycles. The zero-order valence-corrected chi connectivity index (χ0v) is 13.3. The van der Waals surface area contributed by atoms with Gasteiger partial charge in [-0.1, -0.05) is 6.07 Å². The van der Waals surface area contributed by atoms with Crippen molar-refractivity contribution in [2.75, 3.05) is 13.4 Å². The van der Waals surface area contributed by atoms with Crippen LogP contribution in [0.5, 0.6) is 11.5 Å². The molecule has 5 unspecified atom stereocenters. The lowest BCUT2D eigenvalue weighted by atomic mass is 9.96. The van der Waals surface area contributed by atoms with E-state index < -0.39 is 18.4 Å². The molecule has 9 heteroatoms. The van der Waals surface area contributed by atoms with Crippen molar-refractivity contribution in [3.05, 3.63) is 36.4 Å². The molecule has 0 spiro atoms. The van der Waals surface area contributed by atoms with Crippen molar-refractivity contribution in [3.63, 3.8) is 0 Å². The Kier molecular flexibility index (Phi) is 3.59. The van der Waals surface area contributed by atoms with Crippen LogP contribution in [0.15, 0.2) is 30.9 Å². The monoisotopic (exact) mass is 346 g/mol. The maximum absolute atomic E-state index is 10.9. The molecule has 3 aliphatic rings. The van der Waals surface area contributed by atoms with Crippen LogP contribution in [0.3, 0.4) is 0 Å². The molecular formula is C16H18N4O5. The van der Waals surface area contributed by atoms with Crippen LogP contribution in [0.4, 0.5) is 0 Å². The summed E-state index contributed by atoms with van der Waals surface area (Å²) in [6, 6.07) is 5.09. The maximum Gasteiger partial charge on any atom is 0.231 e. The van der Waals surface area contributed by atoms with Crippen LogP contribution in [-0.2, 0) is 16.0 Å². The van der Waals surface area contributed by atoms with E-state index in [4.69, 9.17) is 18.9 Å². The van der Waals surface area contributed by atoms with Crippen molar-refractivity contribution in [2.24, 2.45) is 0 Å². The second-order valence-electron chi connectivity index (χ2n) is 6.33. The summed E-state index contributed by atoms with van der Waals surface area (Å²) in [7, 11) is 0. The highest BCUT2D eigenvalue weighted by Gasteiger charge is 2.51. The molecule has 3 aliphatic heterocycles. The van der Waals surface area contributed by atoms with Gasteiger partial charge in [0, 0.05) is 6.54 Å². The summed E-state index contributed by atoms with van der Waals surface area (Å²) in [4.78, 5) is 3.95. The van der Waals surface area contributed by atoms with Gasteiger partial charge in [0.05, 0.1) is 18.8 Å². The average molecular weight is 346 g/mol. The van der Waals surface area contributed by atoms with Gasteiger partial charge in [-0.2, -0.15) is 5.10 Å². The van der Waals surface area contributed by atoms with E-state index in [-0.39, 0.29) is 18.9 Å². The molecule has 0 radical (unpaired) electrons. The van der Waals surface area contributed by atoms with Crippen LogP contribution >= 0.6 is 0 Å². The van der Waals surface area contributed by atoms with Gasteiger partial charge in [-0.3, -0.25) is 0 Å². The van der Waals surface area contributed by atoms with E-state index in [0.29, 0.717) is 13.2 Å². The minimum atomic E-state index is -0.707. The molecule has 1 aromatic heterocycles. The SMILES string of the molecule is OC1C(NCc2ccc3c(c2)OCO3)C2COC(O2)C1n1cncn1. The van der Waals surface area contributed by atoms with Gasteiger partial charge in [0.15, 0.2) is 17.8 Å². The molecule has 25 heavy (non-hydrogen) atoms. The zero-order chi connectivity index (χ0) is 16.8. The second-order valence-corrected chi connectivity index (χ2v) is 6.33. The Morgan fingerprint density at radius 2 is 2.20 bits per heavy atom. The summed E-state index contributed by atoms with van der Waals surface area (Å²) in [5, 5.41) is 18.4. The van der Waals surface area contributed by atoms with E-state index >= 15 is 0 Å². The largest absolute Gasteiger partial charge is 0.454 e. The highest BCUT2D eigenvalue weighted by atomic mass is 16.7. The number of hydrogen-bond acceptors (Lipinski definition) is 8. The molecule has 2 aromatic rings. The van der Waals surface area contributed by atoms with Crippen LogP contribution in [-0.4, -0.2) is 57.8 Å². The van der Waals surface area contributed by atoms with Crippen molar-refractivity contribution in [2.45, 2.75) is 37.1 Å². The summed E-state index contributed by atoms with van der Waals surface area (Å²) < 4.78 is 23.9. The first-order chi connectivity index (χ1) is 12.3. The second kappa shape index (κ2) is 5.95. The van der Waals surface area contributed by atoms with Gasteiger partial charge in [0.25, 0.3) is 0 Å². The maximum atomic E-state index is 10.9. The van der Waals surface area contributed by atoms with E-state index in [0.717, 1.165) is 17.1 Å². The summed E-state index contributed by atoms with van der Waals surface area (Å²) in [5.41, 5.74) is 1.04.